The first-order valence-electron chi connectivity index (χ1n) is 9.64. The number of nitrogens with zero attached hydrogens (tertiary/aromatic N) is 2. The Labute approximate surface area is 162 Å². The first-order chi connectivity index (χ1) is 12.7. The van der Waals surface area contributed by atoms with Gasteiger partial charge in [-0.15, -0.1) is 0 Å². The van der Waals surface area contributed by atoms with E-state index in [0.29, 0.717) is 5.92 Å². The molecule has 142 valence electrons. The van der Waals surface area contributed by atoms with Gasteiger partial charge in [0.15, 0.2) is 0 Å². The van der Waals surface area contributed by atoms with Gasteiger partial charge in [-0.25, -0.2) is 0 Å². The normalized spacial score (nSPS) is 17.5. The Bertz CT molecular complexity index is 679. The summed E-state index contributed by atoms with van der Waals surface area (Å²) in [5.74, 6) is 2.40. The fraction of sp³-hybridized carbons (Fsp3) is 0.524. The van der Waals surface area contributed by atoms with Crippen LogP contribution >= 0.6 is 11.6 Å². The van der Waals surface area contributed by atoms with Crippen LogP contribution in [0.15, 0.2) is 40.8 Å². The molecule has 1 saturated heterocycles. The SMILES string of the molecule is CCN1CCN(CC(C)CNCc2ccc(-c3ccccc3Cl)o2)CC1. The molecule has 26 heavy (non-hydrogen) atoms. The summed E-state index contributed by atoms with van der Waals surface area (Å²) in [4.78, 5) is 5.10. The molecule has 4 nitrogen and oxygen atoms in total. The van der Waals surface area contributed by atoms with Crippen molar-refractivity contribution in [3.63, 3.8) is 0 Å². The molecule has 0 spiro atoms. The highest BCUT2D eigenvalue weighted by atomic mass is 35.5. The number of hydrogen-bond acceptors (Lipinski definition) is 4. The minimum atomic E-state index is 0.626. The quantitative estimate of drug-likeness (QED) is 0.756. The highest BCUT2D eigenvalue weighted by Gasteiger charge is 2.17. The first-order valence-corrected chi connectivity index (χ1v) is 10.0. The first kappa shape index (κ1) is 19.4. The third-order valence-corrected chi connectivity index (χ3v) is 5.40. The summed E-state index contributed by atoms with van der Waals surface area (Å²) < 4.78 is 5.94. The molecule has 0 amide bonds. The minimum absolute atomic E-state index is 0.626. The van der Waals surface area contributed by atoms with Gasteiger partial charge in [0, 0.05) is 38.3 Å². The topological polar surface area (TPSA) is 31.6 Å². The predicted molar refractivity (Wildman–Crippen MR) is 109 cm³/mol. The Morgan fingerprint density at radius 2 is 1.81 bits per heavy atom. The molecule has 3 rings (SSSR count). The van der Waals surface area contributed by atoms with E-state index in [1.807, 2.05) is 36.4 Å². The van der Waals surface area contributed by atoms with E-state index in [1.54, 1.807) is 0 Å². The van der Waals surface area contributed by atoms with Gasteiger partial charge in [0.25, 0.3) is 0 Å². The van der Waals surface area contributed by atoms with E-state index in [0.717, 1.165) is 41.7 Å². The molecule has 1 unspecified atom stereocenters. The molecule has 0 radical (unpaired) electrons. The van der Waals surface area contributed by atoms with E-state index in [2.05, 4.69) is 29.0 Å². The van der Waals surface area contributed by atoms with Gasteiger partial charge in [-0.05, 0) is 43.3 Å². The van der Waals surface area contributed by atoms with Crippen molar-refractivity contribution < 1.29 is 4.42 Å². The van der Waals surface area contributed by atoms with Crippen LogP contribution in [0.2, 0.25) is 5.02 Å². The number of halogens is 1. The maximum atomic E-state index is 6.24. The lowest BCUT2D eigenvalue weighted by Gasteiger charge is -2.35. The van der Waals surface area contributed by atoms with Gasteiger partial charge in [0.05, 0.1) is 11.6 Å². The van der Waals surface area contributed by atoms with Gasteiger partial charge in [-0.1, -0.05) is 37.6 Å². The van der Waals surface area contributed by atoms with E-state index in [4.69, 9.17) is 16.0 Å². The lowest BCUT2D eigenvalue weighted by Crippen LogP contribution is -2.48. The summed E-state index contributed by atoms with van der Waals surface area (Å²) in [6.07, 6.45) is 0. The zero-order valence-electron chi connectivity index (χ0n) is 15.9. The van der Waals surface area contributed by atoms with E-state index < -0.39 is 0 Å². The third-order valence-electron chi connectivity index (χ3n) is 5.07. The number of nitrogens with one attached hydrogen (secondary N) is 1. The standard InChI is InChI=1S/C21H30ClN3O/c1-3-24-10-12-25(13-11-24)16-17(2)14-23-15-18-8-9-21(26-18)19-6-4-5-7-20(19)22/h4-9,17,23H,3,10-16H2,1-2H3. The molecule has 0 aliphatic carbocycles. The van der Waals surface area contributed by atoms with Crippen molar-refractivity contribution >= 4 is 11.6 Å². The van der Waals surface area contributed by atoms with Gasteiger partial charge in [0.1, 0.15) is 11.5 Å². The Morgan fingerprint density at radius 3 is 2.54 bits per heavy atom. The average Bonchev–Trinajstić information content (AvgIpc) is 3.11. The molecule has 1 aromatic carbocycles. The Balaban J connectivity index is 1.40. The maximum Gasteiger partial charge on any atom is 0.135 e. The Morgan fingerprint density at radius 1 is 1.08 bits per heavy atom. The van der Waals surface area contributed by atoms with Crippen LogP contribution in [-0.2, 0) is 6.54 Å². The molecule has 1 aliphatic rings. The molecular formula is C21H30ClN3O. The van der Waals surface area contributed by atoms with E-state index >= 15 is 0 Å². The molecule has 2 aromatic rings. The van der Waals surface area contributed by atoms with Gasteiger partial charge >= 0.3 is 0 Å². The molecule has 0 bridgehead atoms. The molecule has 0 saturated carbocycles. The largest absolute Gasteiger partial charge is 0.460 e. The molecule has 1 aliphatic heterocycles. The summed E-state index contributed by atoms with van der Waals surface area (Å²) >= 11 is 6.24. The predicted octanol–water partition coefficient (Wildman–Crippen LogP) is 3.96. The number of hydrogen-bond donors (Lipinski definition) is 1. The van der Waals surface area contributed by atoms with Crippen molar-refractivity contribution in [1.82, 2.24) is 15.1 Å². The molecular weight excluding hydrogens is 346 g/mol. The summed E-state index contributed by atoms with van der Waals surface area (Å²) in [6.45, 7) is 13.4. The minimum Gasteiger partial charge on any atom is -0.460 e. The van der Waals surface area contributed by atoms with Crippen LogP contribution in [0.3, 0.4) is 0 Å². The number of furan rings is 1. The van der Waals surface area contributed by atoms with E-state index in [9.17, 15) is 0 Å². The van der Waals surface area contributed by atoms with Crippen LogP contribution in [-0.4, -0.2) is 55.6 Å². The average molecular weight is 376 g/mol. The van der Waals surface area contributed by atoms with Crippen LogP contribution in [0.5, 0.6) is 0 Å². The molecule has 1 aromatic heterocycles. The number of rotatable bonds is 8. The van der Waals surface area contributed by atoms with Gasteiger partial charge < -0.3 is 19.5 Å². The maximum absolute atomic E-state index is 6.24. The number of likely N-dealkylation sites (N-methyl/N-ethyl adjacent to an activating group) is 1. The summed E-state index contributed by atoms with van der Waals surface area (Å²) in [5, 5.41) is 4.25. The van der Waals surface area contributed by atoms with Crippen molar-refractivity contribution in [2.24, 2.45) is 5.92 Å². The van der Waals surface area contributed by atoms with Crippen molar-refractivity contribution in [3.05, 3.63) is 47.2 Å². The lowest BCUT2D eigenvalue weighted by molar-refractivity contribution is 0.124. The second-order valence-electron chi connectivity index (χ2n) is 7.22. The van der Waals surface area contributed by atoms with Gasteiger partial charge in [0.2, 0.25) is 0 Å². The van der Waals surface area contributed by atoms with Crippen molar-refractivity contribution in [3.8, 4) is 11.3 Å². The lowest BCUT2D eigenvalue weighted by atomic mass is 10.1. The highest BCUT2D eigenvalue weighted by Crippen LogP contribution is 2.28. The van der Waals surface area contributed by atoms with Crippen molar-refractivity contribution in [2.75, 3.05) is 45.8 Å². The van der Waals surface area contributed by atoms with Crippen LogP contribution < -0.4 is 5.32 Å². The molecule has 1 fully saturated rings. The zero-order valence-corrected chi connectivity index (χ0v) is 16.6. The van der Waals surface area contributed by atoms with Crippen molar-refractivity contribution in [1.29, 1.82) is 0 Å². The van der Waals surface area contributed by atoms with Gasteiger partial charge in [-0.3, -0.25) is 0 Å². The number of piperazine rings is 1. The van der Waals surface area contributed by atoms with Crippen LogP contribution in [0, 0.1) is 5.92 Å². The Hall–Kier alpha value is -1.33. The molecule has 1 atom stereocenters. The zero-order chi connectivity index (χ0) is 18.4. The van der Waals surface area contributed by atoms with Crippen LogP contribution in [0.1, 0.15) is 19.6 Å². The van der Waals surface area contributed by atoms with Gasteiger partial charge in [-0.2, -0.15) is 0 Å². The molecule has 2 heterocycles. The fourth-order valence-electron chi connectivity index (χ4n) is 3.51. The molecule has 5 heteroatoms. The molecule has 1 N–H and O–H groups in total. The number of benzene rings is 1. The van der Waals surface area contributed by atoms with E-state index in [-0.39, 0.29) is 0 Å². The second kappa shape index (κ2) is 9.56. The highest BCUT2D eigenvalue weighted by molar-refractivity contribution is 6.33. The smallest absolute Gasteiger partial charge is 0.135 e. The fourth-order valence-corrected chi connectivity index (χ4v) is 3.74. The van der Waals surface area contributed by atoms with Crippen LogP contribution in [0.4, 0.5) is 0 Å². The third kappa shape index (κ3) is 5.34. The second-order valence-corrected chi connectivity index (χ2v) is 7.62. The summed E-state index contributed by atoms with van der Waals surface area (Å²) in [7, 11) is 0. The van der Waals surface area contributed by atoms with Crippen molar-refractivity contribution in [2.45, 2.75) is 20.4 Å². The Kier molecular flexibility index (Phi) is 7.15. The monoisotopic (exact) mass is 375 g/mol. The summed E-state index contributed by atoms with van der Waals surface area (Å²) in [6, 6.07) is 11.8. The van der Waals surface area contributed by atoms with Crippen LogP contribution in [0.25, 0.3) is 11.3 Å². The van der Waals surface area contributed by atoms with E-state index in [1.165, 1.54) is 32.7 Å². The summed E-state index contributed by atoms with van der Waals surface area (Å²) in [5.41, 5.74) is 0.944.